The molecule has 3 aromatic rings. The monoisotopic (exact) mass is 270 g/mol. The number of aryl methyl sites for hydroxylation is 1. The Hall–Kier alpha value is -2.69. The Labute approximate surface area is 113 Å². The molecule has 0 bridgehead atoms. The Balaban J connectivity index is 2.46. The number of benzene rings is 2. The molecule has 0 saturated heterocycles. The minimum absolute atomic E-state index is 0.117. The fourth-order valence-electron chi connectivity index (χ4n) is 2.22. The number of aromatic amines is 1. The van der Waals surface area contributed by atoms with E-state index in [2.05, 4.69) is 4.98 Å². The molecule has 0 aliphatic rings. The minimum atomic E-state index is -0.660. The lowest BCUT2D eigenvalue weighted by atomic mass is 10.2. The van der Waals surface area contributed by atoms with Gasteiger partial charge in [0.1, 0.15) is 5.82 Å². The molecule has 1 aromatic heterocycles. The average Bonchev–Trinajstić information content (AvgIpc) is 2.38. The van der Waals surface area contributed by atoms with E-state index in [0.29, 0.717) is 5.69 Å². The Morgan fingerprint density at radius 3 is 2.60 bits per heavy atom. The first-order valence-electron chi connectivity index (χ1n) is 6.08. The maximum Gasteiger partial charge on any atom is 0.333 e. The predicted molar refractivity (Wildman–Crippen MR) is 74.9 cm³/mol. The molecule has 0 aliphatic carbocycles. The van der Waals surface area contributed by atoms with E-state index in [0.717, 1.165) is 10.1 Å². The molecule has 1 N–H and O–H groups in total. The Morgan fingerprint density at radius 1 is 1.10 bits per heavy atom. The molecule has 0 atom stereocenters. The highest BCUT2D eigenvalue weighted by Crippen LogP contribution is 2.11. The molecule has 0 radical (unpaired) electrons. The first-order valence-corrected chi connectivity index (χ1v) is 6.08. The van der Waals surface area contributed by atoms with E-state index < -0.39 is 17.1 Å². The van der Waals surface area contributed by atoms with Crippen LogP contribution >= 0.6 is 0 Å². The Kier molecular flexibility index (Phi) is 2.75. The van der Waals surface area contributed by atoms with Gasteiger partial charge in [-0.2, -0.15) is 0 Å². The second-order valence-electron chi connectivity index (χ2n) is 4.57. The van der Waals surface area contributed by atoms with Crippen LogP contribution in [0, 0.1) is 12.7 Å². The minimum Gasteiger partial charge on any atom is -0.306 e. The standard InChI is InChI=1S/C15H11FN2O2/c1-9-4-2-5-10(8-9)18-14(19)13-11(16)6-3-7-12(13)17-15(18)20/h2-8H,1H3,(H,17,20). The molecule has 100 valence electrons. The van der Waals surface area contributed by atoms with Crippen molar-refractivity contribution in [3.8, 4) is 5.69 Å². The summed E-state index contributed by atoms with van der Waals surface area (Å²) in [6.45, 7) is 1.85. The summed E-state index contributed by atoms with van der Waals surface area (Å²) in [7, 11) is 0. The molecule has 4 nitrogen and oxygen atoms in total. The van der Waals surface area contributed by atoms with Gasteiger partial charge in [0.2, 0.25) is 0 Å². The van der Waals surface area contributed by atoms with E-state index in [-0.39, 0.29) is 10.9 Å². The topological polar surface area (TPSA) is 54.9 Å². The van der Waals surface area contributed by atoms with Crippen LogP contribution in [0.2, 0.25) is 0 Å². The van der Waals surface area contributed by atoms with E-state index >= 15 is 0 Å². The van der Waals surface area contributed by atoms with Crippen LogP contribution in [0.4, 0.5) is 4.39 Å². The summed E-state index contributed by atoms with van der Waals surface area (Å²) in [6, 6.07) is 11.1. The van der Waals surface area contributed by atoms with E-state index in [9.17, 15) is 14.0 Å². The van der Waals surface area contributed by atoms with E-state index in [1.807, 2.05) is 13.0 Å². The van der Waals surface area contributed by atoms with Gasteiger partial charge in [-0.1, -0.05) is 18.2 Å². The van der Waals surface area contributed by atoms with Gasteiger partial charge >= 0.3 is 5.69 Å². The summed E-state index contributed by atoms with van der Waals surface area (Å²) in [5.74, 6) is -0.648. The van der Waals surface area contributed by atoms with Crippen molar-refractivity contribution in [2.75, 3.05) is 0 Å². The molecule has 0 amide bonds. The van der Waals surface area contributed by atoms with Crippen molar-refractivity contribution in [2.24, 2.45) is 0 Å². The molecular weight excluding hydrogens is 259 g/mol. The molecule has 0 spiro atoms. The van der Waals surface area contributed by atoms with Crippen LogP contribution in [0.3, 0.4) is 0 Å². The maximum atomic E-state index is 13.8. The molecule has 0 unspecified atom stereocenters. The predicted octanol–water partition coefficient (Wildman–Crippen LogP) is 2.13. The van der Waals surface area contributed by atoms with Crippen LogP contribution in [0.1, 0.15) is 5.56 Å². The zero-order chi connectivity index (χ0) is 14.3. The number of halogens is 1. The Bertz CT molecular complexity index is 925. The lowest BCUT2D eigenvalue weighted by molar-refractivity contribution is 0.637. The number of H-pyrrole nitrogens is 1. The number of nitrogens with zero attached hydrogens (tertiary/aromatic N) is 1. The van der Waals surface area contributed by atoms with Crippen LogP contribution in [0.5, 0.6) is 0 Å². The molecule has 1 heterocycles. The number of hydrogen-bond acceptors (Lipinski definition) is 2. The Morgan fingerprint density at radius 2 is 1.85 bits per heavy atom. The van der Waals surface area contributed by atoms with Crippen LogP contribution in [-0.4, -0.2) is 9.55 Å². The normalized spacial score (nSPS) is 10.9. The number of hydrogen-bond donors (Lipinski definition) is 1. The smallest absolute Gasteiger partial charge is 0.306 e. The van der Waals surface area contributed by atoms with Crippen molar-refractivity contribution < 1.29 is 4.39 Å². The molecule has 0 aliphatic heterocycles. The summed E-state index contributed by atoms with van der Waals surface area (Å²) in [6.07, 6.45) is 0. The van der Waals surface area contributed by atoms with Gasteiger partial charge in [-0.05, 0) is 36.8 Å². The number of rotatable bonds is 1. The lowest BCUT2D eigenvalue weighted by Crippen LogP contribution is -2.34. The molecule has 20 heavy (non-hydrogen) atoms. The van der Waals surface area contributed by atoms with E-state index in [1.54, 1.807) is 18.2 Å². The van der Waals surface area contributed by atoms with Crippen LogP contribution in [-0.2, 0) is 0 Å². The van der Waals surface area contributed by atoms with Crippen molar-refractivity contribution in [1.82, 2.24) is 9.55 Å². The van der Waals surface area contributed by atoms with Crippen LogP contribution in [0.25, 0.3) is 16.6 Å². The highest BCUT2D eigenvalue weighted by Gasteiger charge is 2.12. The average molecular weight is 270 g/mol. The number of aromatic nitrogens is 2. The van der Waals surface area contributed by atoms with Crippen molar-refractivity contribution in [3.05, 3.63) is 74.7 Å². The second-order valence-corrected chi connectivity index (χ2v) is 4.57. The lowest BCUT2D eigenvalue weighted by Gasteiger charge is -2.07. The molecule has 2 aromatic carbocycles. The highest BCUT2D eigenvalue weighted by atomic mass is 19.1. The molecule has 5 heteroatoms. The molecule has 0 saturated carbocycles. The van der Waals surface area contributed by atoms with Gasteiger partial charge in [0.05, 0.1) is 16.6 Å². The van der Waals surface area contributed by atoms with Gasteiger partial charge in [0.15, 0.2) is 0 Å². The van der Waals surface area contributed by atoms with Crippen molar-refractivity contribution >= 4 is 10.9 Å². The van der Waals surface area contributed by atoms with Gasteiger partial charge in [-0.15, -0.1) is 0 Å². The van der Waals surface area contributed by atoms with Crippen LogP contribution in [0.15, 0.2) is 52.1 Å². The second kappa shape index (κ2) is 4.45. The largest absolute Gasteiger partial charge is 0.333 e. The molecule has 0 fully saturated rings. The zero-order valence-corrected chi connectivity index (χ0v) is 10.7. The third-order valence-electron chi connectivity index (χ3n) is 3.14. The maximum absolute atomic E-state index is 13.8. The fourth-order valence-corrected chi connectivity index (χ4v) is 2.22. The van der Waals surface area contributed by atoms with Crippen LogP contribution < -0.4 is 11.2 Å². The van der Waals surface area contributed by atoms with Gasteiger partial charge < -0.3 is 4.98 Å². The number of nitrogens with one attached hydrogen (secondary N) is 1. The molecular formula is C15H11FN2O2. The SMILES string of the molecule is Cc1cccc(-n2c(=O)[nH]c3cccc(F)c3c2=O)c1. The number of fused-ring (bicyclic) bond motifs is 1. The van der Waals surface area contributed by atoms with Crippen molar-refractivity contribution in [2.45, 2.75) is 6.92 Å². The summed E-state index contributed by atoms with van der Waals surface area (Å²) in [5, 5.41) is -0.117. The third-order valence-corrected chi connectivity index (χ3v) is 3.14. The summed E-state index contributed by atoms with van der Waals surface area (Å²) < 4.78 is 14.8. The van der Waals surface area contributed by atoms with Gasteiger partial charge in [0.25, 0.3) is 5.56 Å². The van der Waals surface area contributed by atoms with Gasteiger partial charge in [-0.3, -0.25) is 4.79 Å². The van der Waals surface area contributed by atoms with Crippen molar-refractivity contribution in [1.29, 1.82) is 0 Å². The molecule has 3 rings (SSSR count). The third kappa shape index (κ3) is 1.84. The fraction of sp³-hybridized carbons (Fsp3) is 0.0667. The van der Waals surface area contributed by atoms with Gasteiger partial charge in [-0.25, -0.2) is 13.8 Å². The van der Waals surface area contributed by atoms with E-state index in [4.69, 9.17) is 0 Å². The summed E-state index contributed by atoms with van der Waals surface area (Å²) >= 11 is 0. The van der Waals surface area contributed by atoms with Gasteiger partial charge in [0, 0.05) is 0 Å². The first-order chi connectivity index (χ1) is 9.58. The van der Waals surface area contributed by atoms with E-state index in [1.165, 1.54) is 18.2 Å². The zero-order valence-electron chi connectivity index (χ0n) is 10.7. The summed E-state index contributed by atoms with van der Waals surface area (Å²) in [5.41, 5.74) is 0.277. The first kappa shape index (κ1) is 12.3. The summed E-state index contributed by atoms with van der Waals surface area (Å²) in [4.78, 5) is 27.0. The van der Waals surface area contributed by atoms with Crippen molar-refractivity contribution in [3.63, 3.8) is 0 Å². The highest BCUT2D eigenvalue weighted by molar-refractivity contribution is 5.78. The quantitative estimate of drug-likeness (QED) is 0.736.